The van der Waals surface area contributed by atoms with Crippen LogP contribution in [0.2, 0.25) is 0 Å². The molecule has 1 atom stereocenters. The smallest absolute Gasteiger partial charge is 0.317 e. The summed E-state index contributed by atoms with van der Waals surface area (Å²) in [6.45, 7) is 2.35. The van der Waals surface area contributed by atoms with Gasteiger partial charge in [-0.2, -0.15) is 5.10 Å². The number of rotatable bonds is 4. The Kier molecular flexibility index (Phi) is 4.86. The first-order valence-corrected chi connectivity index (χ1v) is 10.6. The quantitative estimate of drug-likeness (QED) is 0.773. The van der Waals surface area contributed by atoms with Crippen LogP contribution in [0.25, 0.3) is 0 Å². The number of aromatic amines is 1. The molecule has 0 bridgehead atoms. The van der Waals surface area contributed by atoms with Crippen molar-refractivity contribution in [2.24, 2.45) is 0 Å². The van der Waals surface area contributed by atoms with E-state index in [4.69, 9.17) is 0 Å². The number of carbonyl (C=O) groups is 1. The summed E-state index contributed by atoms with van der Waals surface area (Å²) in [6.07, 6.45) is 7.51. The Bertz CT molecular complexity index is 725. The van der Waals surface area contributed by atoms with E-state index in [9.17, 15) is 4.79 Å². The predicted molar refractivity (Wildman–Crippen MR) is 103 cm³/mol. The number of hydrogen-bond donors (Lipinski definition) is 2. The summed E-state index contributed by atoms with van der Waals surface area (Å²) in [4.78, 5) is 16.1. The lowest BCUT2D eigenvalue weighted by atomic mass is 9.68. The third-order valence-electron chi connectivity index (χ3n) is 5.66. The number of amides is 2. The minimum atomic E-state index is 0.0751. The van der Waals surface area contributed by atoms with Crippen molar-refractivity contribution < 1.29 is 4.79 Å². The maximum absolute atomic E-state index is 12.7. The number of piperidine rings is 1. The van der Waals surface area contributed by atoms with Crippen molar-refractivity contribution in [3.63, 3.8) is 0 Å². The highest BCUT2D eigenvalue weighted by Crippen LogP contribution is 2.46. The number of nitrogens with one attached hydrogen (secondary N) is 2. The van der Waals surface area contributed by atoms with Gasteiger partial charge in [0.15, 0.2) is 0 Å². The van der Waals surface area contributed by atoms with E-state index in [0.717, 1.165) is 51.0 Å². The molecule has 2 N–H and O–H groups in total. The molecule has 1 saturated carbocycles. The van der Waals surface area contributed by atoms with E-state index in [1.807, 2.05) is 11.0 Å². The van der Waals surface area contributed by atoms with Crippen LogP contribution in [0.5, 0.6) is 0 Å². The molecule has 2 aliphatic rings. The number of urea groups is 1. The standard InChI is InChI=1S/C18H23BrN4OS/c19-16-5-4-15(25-16)18(7-2-8-18)12-20-17(24)23-10-1-3-13(11-23)14-6-9-21-22-14/h4-6,9,13H,1-3,7-8,10-12H2,(H,20,24)(H,21,22). The number of halogens is 1. The van der Waals surface area contributed by atoms with E-state index in [-0.39, 0.29) is 11.4 Å². The van der Waals surface area contributed by atoms with Crippen LogP contribution >= 0.6 is 27.3 Å². The fourth-order valence-electron chi connectivity index (χ4n) is 3.98. The first-order valence-electron chi connectivity index (χ1n) is 8.94. The maximum atomic E-state index is 12.7. The molecule has 1 saturated heterocycles. The third kappa shape index (κ3) is 3.49. The van der Waals surface area contributed by atoms with Crippen molar-refractivity contribution in [2.45, 2.75) is 43.4 Å². The van der Waals surface area contributed by atoms with Crippen LogP contribution in [-0.2, 0) is 5.41 Å². The minimum Gasteiger partial charge on any atom is -0.337 e. The molecule has 1 unspecified atom stereocenters. The normalized spacial score (nSPS) is 22.4. The first kappa shape index (κ1) is 17.1. The zero-order valence-corrected chi connectivity index (χ0v) is 16.5. The van der Waals surface area contributed by atoms with E-state index in [1.165, 1.54) is 15.1 Å². The van der Waals surface area contributed by atoms with Crippen molar-refractivity contribution in [1.29, 1.82) is 0 Å². The number of nitrogens with zero attached hydrogens (tertiary/aromatic N) is 2. The van der Waals surface area contributed by atoms with Crippen molar-refractivity contribution in [2.75, 3.05) is 19.6 Å². The Hall–Kier alpha value is -1.34. The molecule has 134 valence electrons. The molecule has 2 aromatic heterocycles. The number of carbonyl (C=O) groups excluding carboxylic acids is 1. The summed E-state index contributed by atoms with van der Waals surface area (Å²) in [5.74, 6) is 0.368. The fraction of sp³-hybridized carbons (Fsp3) is 0.556. The van der Waals surface area contributed by atoms with Crippen molar-refractivity contribution in [1.82, 2.24) is 20.4 Å². The van der Waals surface area contributed by atoms with Gasteiger partial charge in [-0.15, -0.1) is 11.3 Å². The van der Waals surface area contributed by atoms with Gasteiger partial charge >= 0.3 is 6.03 Å². The van der Waals surface area contributed by atoms with Gasteiger partial charge in [0.25, 0.3) is 0 Å². The lowest BCUT2D eigenvalue weighted by molar-refractivity contribution is 0.169. The minimum absolute atomic E-state index is 0.0751. The van der Waals surface area contributed by atoms with Gasteiger partial charge in [-0.05, 0) is 59.8 Å². The van der Waals surface area contributed by atoms with Gasteiger partial charge in [-0.3, -0.25) is 5.10 Å². The molecule has 25 heavy (non-hydrogen) atoms. The number of likely N-dealkylation sites (tertiary alicyclic amines) is 1. The molecule has 1 aliphatic carbocycles. The van der Waals surface area contributed by atoms with E-state index in [2.05, 4.69) is 43.6 Å². The lowest BCUT2D eigenvalue weighted by Crippen LogP contribution is -2.50. The van der Waals surface area contributed by atoms with E-state index < -0.39 is 0 Å². The average Bonchev–Trinajstić information content (AvgIpc) is 3.26. The summed E-state index contributed by atoms with van der Waals surface area (Å²) in [5, 5.41) is 10.3. The first-order chi connectivity index (χ1) is 12.2. The summed E-state index contributed by atoms with van der Waals surface area (Å²) < 4.78 is 1.17. The number of H-pyrrole nitrogens is 1. The highest BCUT2D eigenvalue weighted by Gasteiger charge is 2.40. The largest absolute Gasteiger partial charge is 0.337 e. The highest BCUT2D eigenvalue weighted by atomic mass is 79.9. The molecule has 4 rings (SSSR count). The molecule has 0 aromatic carbocycles. The van der Waals surface area contributed by atoms with Crippen LogP contribution in [0.1, 0.15) is 48.6 Å². The second-order valence-electron chi connectivity index (χ2n) is 7.19. The zero-order chi connectivity index (χ0) is 17.3. The topological polar surface area (TPSA) is 61.0 Å². The Labute approximate surface area is 160 Å². The Morgan fingerprint density at radius 2 is 2.28 bits per heavy atom. The third-order valence-corrected chi connectivity index (χ3v) is 7.53. The monoisotopic (exact) mass is 422 g/mol. The molecule has 2 aromatic rings. The van der Waals surface area contributed by atoms with Gasteiger partial charge in [0, 0.05) is 47.7 Å². The van der Waals surface area contributed by atoms with Crippen LogP contribution < -0.4 is 5.32 Å². The van der Waals surface area contributed by atoms with Crippen molar-refractivity contribution in [3.8, 4) is 0 Å². The number of hydrogen-bond acceptors (Lipinski definition) is 3. The Balaban J connectivity index is 1.37. The van der Waals surface area contributed by atoms with E-state index >= 15 is 0 Å². The van der Waals surface area contributed by atoms with E-state index in [0.29, 0.717) is 5.92 Å². The van der Waals surface area contributed by atoms with Gasteiger partial charge in [0.2, 0.25) is 0 Å². The second kappa shape index (κ2) is 7.11. The second-order valence-corrected chi connectivity index (χ2v) is 9.66. The van der Waals surface area contributed by atoms with Crippen LogP contribution in [0.3, 0.4) is 0 Å². The lowest BCUT2D eigenvalue weighted by Gasteiger charge is -2.42. The van der Waals surface area contributed by atoms with Gasteiger partial charge < -0.3 is 10.2 Å². The van der Waals surface area contributed by atoms with Gasteiger partial charge in [0.05, 0.1) is 3.79 Å². The SMILES string of the molecule is O=C(NCC1(c2ccc(Br)s2)CCC1)N1CCCC(c2ccn[nH]2)C1. The molecule has 0 radical (unpaired) electrons. The molecule has 1 aliphatic heterocycles. The molecule has 3 heterocycles. The molecule has 0 spiro atoms. The van der Waals surface area contributed by atoms with Crippen LogP contribution in [0.4, 0.5) is 4.79 Å². The average molecular weight is 423 g/mol. The van der Waals surface area contributed by atoms with Gasteiger partial charge in [-0.1, -0.05) is 6.42 Å². The van der Waals surface area contributed by atoms with Crippen LogP contribution in [0.15, 0.2) is 28.2 Å². The predicted octanol–water partition coefficient (Wildman–Crippen LogP) is 4.24. The van der Waals surface area contributed by atoms with Crippen LogP contribution in [0, 0.1) is 0 Å². The fourth-order valence-corrected chi connectivity index (χ4v) is 5.61. The maximum Gasteiger partial charge on any atom is 0.317 e. The van der Waals surface area contributed by atoms with Gasteiger partial charge in [-0.25, -0.2) is 4.79 Å². The summed E-state index contributed by atoms with van der Waals surface area (Å²) >= 11 is 5.36. The van der Waals surface area contributed by atoms with Gasteiger partial charge in [0.1, 0.15) is 0 Å². The summed E-state index contributed by atoms with van der Waals surface area (Å²) in [5.41, 5.74) is 1.28. The summed E-state index contributed by atoms with van der Waals surface area (Å²) in [6, 6.07) is 6.41. The number of thiophene rings is 1. The number of aromatic nitrogens is 2. The Morgan fingerprint density at radius 1 is 1.40 bits per heavy atom. The van der Waals surface area contributed by atoms with Crippen LogP contribution in [-0.4, -0.2) is 40.8 Å². The van der Waals surface area contributed by atoms with Crippen molar-refractivity contribution in [3.05, 3.63) is 38.8 Å². The highest BCUT2D eigenvalue weighted by molar-refractivity contribution is 9.11. The molecule has 2 fully saturated rings. The Morgan fingerprint density at radius 3 is 2.92 bits per heavy atom. The summed E-state index contributed by atoms with van der Waals surface area (Å²) in [7, 11) is 0. The van der Waals surface area contributed by atoms with E-state index in [1.54, 1.807) is 17.5 Å². The molecular formula is C18H23BrN4OS. The molecule has 7 heteroatoms. The zero-order valence-electron chi connectivity index (χ0n) is 14.1. The molecular weight excluding hydrogens is 400 g/mol. The van der Waals surface area contributed by atoms with Crippen molar-refractivity contribution >= 4 is 33.3 Å². The molecule has 2 amide bonds. The molecule has 5 nitrogen and oxygen atoms in total.